The molecule has 0 aromatic heterocycles. The summed E-state index contributed by atoms with van der Waals surface area (Å²) in [5.41, 5.74) is 2.93. The van der Waals surface area contributed by atoms with E-state index in [1.54, 1.807) is 48.5 Å². The minimum Gasteiger partial charge on any atom is -0.494 e. The predicted molar refractivity (Wildman–Crippen MR) is 190 cm³/mol. The van der Waals surface area contributed by atoms with Gasteiger partial charge in [-0.25, -0.2) is 8.42 Å². The molecule has 1 fully saturated rings. The summed E-state index contributed by atoms with van der Waals surface area (Å²) in [6, 6.07) is 28.9. The number of sulfonamides is 1. The third-order valence-electron chi connectivity index (χ3n) is 8.56. The van der Waals surface area contributed by atoms with E-state index in [0.717, 1.165) is 46.7 Å². The first-order chi connectivity index (χ1) is 23.1. The van der Waals surface area contributed by atoms with Crippen molar-refractivity contribution in [2.75, 3.05) is 17.5 Å². The zero-order chi connectivity index (χ0) is 34.1. The molecule has 0 unspecified atom stereocenters. The fraction of sp³-hybridized carbons (Fsp3) is 0.316. The fourth-order valence-electron chi connectivity index (χ4n) is 5.95. The molecule has 1 atom stereocenters. The summed E-state index contributed by atoms with van der Waals surface area (Å²) < 4.78 is 35.2. The van der Waals surface area contributed by atoms with Gasteiger partial charge in [0.25, 0.3) is 10.0 Å². The van der Waals surface area contributed by atoms with Crippen LogP contribution in [0.15, 0.2) is 108 Å². The molecule has 1 N–H and O–H groups in total. The number of hydrogen-bond donors (Lipinski definition) is 1. The Morgan fingerprint density at radius 1 is 0.875 bits per heavy atom. The minimum absolute atomic E-state index is 0.0170. The van der Waals surface area contributed by atoms with Gasteiger partial charge in [0.2, 0.25) is 11.8 Å². The van der Waals surface area contributed by atoms with Crippen LogP contribution in [0, 0.1) is 6.92 Å². The quantitative estimate of drug-likeness (QED) is 0.155. The molecule has 48 heavy (non-hydrogen) atoms. The van der Waals surface area contributed by atoms with Crippen molar-refractivity contribution in [1.82, 2.24) is 10.2 Å². The van der Waals surface area contributed by atoms with Crippen LogP contribution < -0.4 is 14.4 Å². The van der Waals surface area contributed by atoms with E-state index >= 15 is 0 Å². The van der Waals surface area contributed by atoms with E-state index < -0.39 is 28.5 Å². The van der Waals surface area contributed by atoms with Crippen LogP contribution in [-0.2, 0) is 32.6 Å². The monoisotopic (exact) mass is 687 g/mol. The van der Waals surface area contributed by atoms with E-state index in [2.05, 4.69) is 5.32 Å². The van der Waals surface area contributed by atoms with Crippen molar-refractivity contribution in [3.8, 4) is 5.75 Å². The SMILES string of the molecule is CCOc1ccc(S(=O)(=O)N(CC(=O)N(Cc2ccc(Cl)cc2)[C@H](Cc2ccccc2)C(=O)NC2CCCC2)c2ccc(C)cc2)cc1. The Morgan fingerprint density at radius 2 is 1.52 bits per heavy atom. The predicted octanol–water partition coefficient (Wildman–Crippen LogP) is 6.94. The Bertz CT molecular complexity index is 1760. The number of carbonyl (C=O) groups excluding carboxylic acids is 2. The average Bonchev–Trinajstić information content (AvgIpc) is 3.60. The highest BCUT2D eigenvalue weighted by molar-refractivity contribution is 7.92. The van der Waals surface area contributed by atoms with Gasteiger partial charge in [-0.2, -0.15) is 0 Å². The number of carbonyl (C=O) groups is 2. The molecule has 4 aromatic carbocycles. The van der Waals surface area contributed by atoms with Gasteiger partial charge in [-0.1, -0.05) is 84.6 Å². The van der Waals surface area contributed by atoms with Gasteiger partial charge < -0.3 is 15.0 Å². The first-order valence-corrected chi connectivity index (χ1v) is 18.2. The third kappa shape index (κ3) is 8.96. The normalized spacial score (nSPS) is 13.9. The van der Waals surface area contributed by atoms with Gasteiger partial charge in [0.15, 0.2) is 0 Å². The zero-order valence-corrected chi connectivity index (χ0v) is 28.9. The van der Waals surface area contributed by atoms with Gasteiger partial charge in [0.05, 0.1) is 17.2 Å². The minimum atomic E-state index is -4.22. The lowest BCUT2D eigenvalue weighted by Crippen LogP contribution is -2.54. The van der Waals surface area contributed by atoms with Crippen LogP contribution in [0.2, 0.25) is 5.02 Å². The second-order valence-corrected chi connectivity index (χ2v) is 14.4. The van der Waals surface area contributed by atoms with Gasteiger partial charge in [-0.3, -0.25) is 13.9 Å². The average molecular weight is 688 g/mol. The number of aryl methyl sites for hydroxylation is 1. The first kappa shape index (κ1) is 35.0. The lowest BCUT2D eigenvalue weighted by Gasteiger charge is -2.34. The van der Waals surface area contributed by atoms with Crippen LogP contribution in [0.5, 0.6) is 5.75 Å². The molecule has 1 aliphatic rings. The van der Waals surface area contributed by atoms with Crippen LogP contribution in [0.3, 0.4) is 0 Å². The molecule has 0 bridgehead atoms. The van der Waals surface area contributed by atoms with Crippen molar-refractivity contribution in [2.24, 2.45) is 0 Å². The molecule has 0 aliphatic heterocycles. The highest BCUT2D eigenvalue weighted by atomic mass is 35.5. The van der Waals surface area contributed by atoms with Crippen molar-refractivity contribution in [3.63, 3.8) is 0 Å². The molecular weight excluding hydrogens is 646 g/mol. The Morgan fingerprint density at radius 3 is 2.15 bits per heavy atom. The van der Waals surface area contributed by atoms with Gasteiger partial charge in [0, 0.05) is 24.0 Å². The molecule has 10 heteroatoms. The molecule has 252 valence electrons. The largest absolute Gasteiger partial charge is 0.494 e. The number of nitrogens with zero attached hydrogens (tertiary/aromatic N) is 2. The van der Waals surface area contributed by atoms with Crippen LogP contribution in [0.1, 0.15) is 49.3 Å². The number of ether oxygens (including phenoxy) is 1. The summed E-state index contributed by atoms with van der Waals surface area (Å²) in [7, 11) is -4.22. The molecule has 0 radical (unpaired) electrons. The maximum atomic E-state index is 14.6. The Balaban J connectivity index is 1.55. The molecule has 8 nitrogen and oxygen atoms in total. The van der Waals surface area contributed by atoms with Gasteiger partial charge in [-0.15, -0.1) is 0 Å². The fourth-order valence-corrected chi connectivity index (χ4v) is 7.49. The number of benzene rings is 4. The van der Waals surface area contributed by atoms with E-state index in [1.807, 2.05) is 56.3 Å². The molecule has 2 amide bonds. The van der Waals surface area contributed by atoms with E-state index in [-0.39, 0.29) is 29.8 Å². The topological polar surface area (TPSA) is 96.0 Å². The summed E-state index contributed by atoms with van der Waals surface area (Å²) >= 11 is 6.18. The Hall–Kier alpha value is -4.34. The maximum absolute atomic E-state index is 14.6. The highest BCUT2D eigenvalue weighted by Gasteiger charge is 2.35. The van der Waals surface area contributed by atoms with E-state index in [9.17, 15) is 18.0 Å². The molecule has 4 aromatic rings. The van der Waals surface area contributed by atoms with Crippen LogP contribution in [0.4, 0.5) is 5.69 Å². The number of rotatable bonds is 14. The molecular formula is C38H42ClN3O5S. The second-order valence-electron chi connectivity index (χ2n) is 12.1. The Labute approximate surface area is 288 Å². The number of nitrogens with one attached hydrogen (secondary N) is 1. The van der Waals surface area contributed by atoms with Gasteiger partial charge >= 0.3 is 0 Å². The van der Waals surface area contributed by atoms with Crippen molar-refractivity contribution in [3.05, 3.63) is 125 Å². The summed E-state index contributed by atoms with van der Waals surface area (Å²) in [4.78, 5) is 30.3. The summed E-state index contributed by atoms with van der Waals surface area (Å²) in [6.07, 6.45) is 4.11. The van der Waals surface area contributed by atoms with Gasteiger partial charge in [0.1, 0.15) is 18.3 Å². The van der Waals surface area contributed by atoms with Crippen LogP contribution in [0.25, 0.3) is 0 Å². The maximum Gasteiger partial charge on any atom is 0.264 e. The molecule has 1 saturated carbocycles. The van der Waals surface area contributed by atoms with Gasteiger partial charge in [-0.05, 0) is 86.3 Å². The molecule has 0 spiro atoms. The number of anilines is 1. The van der Waals surface area contributed by atoms with E-state index in [0.29, 0.717) is 23.1 Å². The standard InChI is InChI=1S/C38H42ClN3O5S/c1-3-47-34-21-23-35(24-22-34)48(45,46)42(33-19-13-28(2)14-20-33)27-37(43)41(26-30-15-17-31(39)18-16-30)36(25-29-9-5-4-6-10-29)38(44)40-32-11-7-8-12-32/h4-6,9-10,13-24,32,36H,3,7-8,11-12,25-27H2,1-2H3,(H,40,44)/t36-/m1/s1. The molecule has 0 heterocycles. The molecule has 1 aliphatic carbocycles. The van der Waals surface area contributed by atoms with Crippen molar-refractivity contribution >= 4 is 39.1 Å². The van der Waals surface area contributed by atoms with Crippen molar-refractivity contribution in [2.45, 2.75) is 69.5 Å². The first-order valence-electron chi connectivity index (χ1n) is 16.3. The Kier molecular flexibility index (Phi) is 11.8. The van der Waals surface area contributed by atoms with E-state index in [4.69, 9.17) is 16.3 Å². The van der Waals surface area contributed by atoms with Crippen molar-refractivity contribution in [1.29, 1.82) is 0 Å². The summed E-state index contributed by atoms with van der Waals surface area (Å²) in [5.74, 6) is -0.229. The lowest BCUT2D eigenvalue weighted by molar-refractivity contribution is -0.140. The van der Waals surface area contributed by atoms with Crippen LogP contribution in [-0.4, -0.2) is 50.4 Å². The second kappa shape index (κ2) is 16.2. The highest BCUT2D eigenvalue weighted by Crippen LogP contribution is 2.27. The van der Waals surface area contributed by atoms with Crippen molar-refractivity contribution < 1.29 is 22.7 Å². The smallest absolute Gasteiger partial charge is 0.264 e. The molecule has 5 rings (SSSR count). The number of amides is 2. The van der Waals surface area contributed by atoms with Crippen LogP contribution >= 0.6 is 11.6 Å². The molecule has 0 saturated heterocycles. The lowest BCUT2D eigenvalue weighted by atomic mass is 10.0. The zero-order valence-electron chi connectivity index (χ0n) is 27.3. The van der Waals surface area contributed by atoms with E-state index in [1.165, 1.54) is 17.0 Å². The number of hydrogen-bond acceptors (Lipinski definition) is 5. The summed E-state index contributed by atoms with van der Waals surface area (Å²) in [6.45, 7) is 3.76. The summed E-state index contributed by atoms with van der Waals surface area (Å²) in [5, 5.41) is 3.74. The third-order valence-corrected chi connectivity index (χ3v) is 10.6. The number of halogens is 1.